The molecule has 0 saturated carbocycles. The summed E-state index contributed by atoms with van der Waals surface area (Å²) >= 11 is 0. The van der Waals surface area contributed by atoms with E-state index in [1.807, 2.05) is 24.3 Å². The van der Waals surface area contributed by atoms with E-state index in [1.54, 1.807) is 12.0 Å². The Labute approximate surface area is 133 Å². The molecule has 0 unspecified atom stereocenters. The molecule has 0 aromatic heterocycles. The number of rotatable bonds is 6. The van der Waals surface area contributed by atoms with Gasteiger partial charge in [-0.15, -0.1) is 0 Å². The highest BCUT2D eigenvalue weighted by Gasteiger charge is 2.31. The van der Waals surface area contributed by atoms with E-state index >= 15 is 0 Å². The lowest BCUT2D eigenvalue weighted by atomic mass is 10.0. The van der Waals surface area contributed by atoms with Crippen LogP contribution in [0.5, 0.6) is 5.75 Å². The molecule has 0 bridgehead atoms. The van der Waals surface area contributed by atoms with Crippen molar-refractivity contribution < 1.29 is 22.7 Å². The van der Waals surface area contributed by atoms with Crippen molar-refractivity contribution in [3.8, 4) is 5.75 Å². The minimum Gasteiger partial charge on any atom is -0.496 e. The van der Waals surface area contributed by atoms with Crippen LogP contribution < -0.4 is 10.1 Å². The van der Waals surface area contributed by atoms with Crippen LogP contribution in [0.3, 0.4) is 0 Å². The van der Waals surface area contributed by atoms with Crippen molar-refractivity contribution in [3.63, 3.8) is 0 Å². The Bertz CT molecular complexity index is 534. The van der Waals surface area contributed by atoms with E-state index in [0.717, 1.165) is 24.2 Å². The van der Waals surface area contributed by atoms with Gasteiger partial charge in [-0.2, -0.15) is 13.2 Å². The third-order valence-electron chi connectivity index (χ3n) is 3.95. The SMILES string of the molecule is COc1ccccc1C[C@@H]1CCCN1C(=O)CNCC(F)(F)F. The summed E-state index contributed by atoms with van der Waals surface area (Å²) in [6.07, 6.45) is -1.94. The number of hydrogen-bond donors (Lipinski definition) is 1. The molecule has 2 rings (SSSR count). The number of hydrogen-bond acceptors (Lipinski definition) is 3. The topological polar surface area (TPSA) is 41.6 Å². The lowest BCUT2D eigenvalue weighted by Crippen LogP contribution is -2.43. The van der Waals surface area contributed by atoms with E-state index < -0.39 is 12.7 Å². The average Bonchev–Trinajstić information content (AvgIpc) is 2.94. The number of nitrogens with zero attached hydrogens (tertiary/aromatic N) is 1. The van der Waals surface area contributed by atoms with Crippen LogP contribution in [0.25, 0.3) is 0 Å². The van der Waals surface area contributed by atoms with Gasteiger partial charge in [-0.25, -0.2) is 0 Å². The first-order chi connectivity index (χ1) is 10.9. The Morgan fingerprint density at radius 1 is 1.39 bits per heavy atom. The normalized spacial score (nSPS) is 18.3. The third-order valence-corrected chi connectivity index (χ3v) is 3.95. The van der Waals surface area contributed by atoms with Crippen LogP contribution in [-0.2, 0) is 11.2 Å². The molecule has 1 amide bonds. The predicted molar refractivity (Wildman–Crippen MR) is 80.4 cm³/mol. The summed E-state index contributed by atoms with van der Waals surface area (Å²) < 4.78 is 41.7. The molecule has 23 heavy (non-hydrogen) atoms. The number of carbonyl (C=O) groups is 1. The predicted octanol–water partition coefficient (Wildman–Crippen LogP) is 2.38. The molecule has 1 aromatic rings. The molecule has 0 aliphatic carbocycles. The minimum atomic E-state index is -4.30. The fourth-order valence-corrected chi connectivity index (χ4v) is 2.91. The number of ether oxygens (including phenoxy) is 1. The van der Waals surface area contributed by atoms with Crippen LogP contribution in [0, 0.1) is 0 Å². The first-order valence-electron chi connectivity index (χ1n) is 7.59. The number of benzene rings is 1. The molecule has 1 aromatic carbocycles. The monoisotopic (exact) mass is 330 g/mol. The first-order valence-corrected chi connectivity index (χ1v) is 7.59. The Balaban J connectivity index is 1.93. The molecular formula is C16H21F3N2O2. The lowest BCUT2D eigenvalue weighted by Gasteiger charge is -2.25. The zero-order chi connectivity index (χ0) is 16.9. The van der Waals surface area contributed by atoms with Gasteiger partial charge in [0.15, 0.2) is 0 Å². The van der Waals surface area contributed by atoms with Crippen LogP contribution in [0.1, 0.15) is 18.4 Å². The third kappa shape index (κ3) is 5.13. The lowest BCUT2D eigenvalue weighted by molar-refractivity contribution is -0.134. The number of alkyl halides is 3. The van der Waals surface area contributed by atoms with E-state index in [9.17, 15) is 18.0 Å². The van der Waals surface area contributed by atoms with Gasteiger partial charge in [0.2, 0.25) is 5.91 Å². The Kier molecular flexibility index (Phi) is 5.87. The molecule has 0 spiro atoms. The number of carbonyl (C=O) groups excluding carboxylic acids is 1. The summed E-state index contributed by atoms with van der Waals surface area (Å²) in [5.41, 5.74) is 1.00. The quantitative estimate of drug-likeness (QED) is 0.871. The van der Waals surface area contributed by atoms with Gasteiger partial charge in [0.1, 0.15) is 5.75 Å². The van der Waals surface area contributed by atoms with E-state index in [2.05, 4.69) is 5.32 Å². The fraction of sp³-hybridized carbons (Fsp3) is 0.562. The first kappa shape index (κ1) is 17.6. The highest BCUT2D eigenvalue weighted by molar-refractivity contribution is 5.79. The molecule has 0 radical (unpaired) electrons. The van der Waals surface area contributed by atoms with Crippen LogP contribution in [0.15, 0.2) is 24.3 Å². The Morgan fingerprint density at radius 2 is 2.13 bits per heavy atom. The van der Waals surface area contributed by atoms with Gasteiger partial charge in [0.25, 0.3) is 0 Å². The van der Waals surface area contributed by atoms with Crippen LogP contribution in [0.4, 0.5) is 13.2 Å². The second-order valence-electron chi connectivity index (χ2n) is 5.62. The number of nitrogens with one attached hydrogen (secondary N) is 1. The van der Waals surface area contributed by atoms with E-state index in [4.69, 9.17) is 4.74 Å². The maximum atomic E-state index is 12.2. The van der Waals surface area contributed by atoms with Crippen molar-refractivity contribution in [2.75, 3.05) is 26.7 Å². The van der Waals surface area contributed by atoms with Crippen molar-refractivity contribution in [3.05, 3.63) is 29.8 Å². The van der Waals surface area contributed by atoms with Crippen LogP contribution in [0.2, 0.25) is 0 Å². The van der Waals surface area contributed by atoms with Crippen molar-refractivity contribution in [2.45, 2.75) is 31.5 Å². The molecular weight excluding hydrogens is 309 g/mol. The number of amides is 1. The van der Waals surface area contributed by atoms with E-state index in [0.29, 0.717) is 13.0 Å². The molecule has 1 heterocycles. The largest absolute Gasteiger partial charge is 0.496 e. The Hall–Kier alpha value is -1.76. The van der Waals surface area contributed by atoms with Gasteiger partial charge in [0.05, 0.1) is 20.2 Å². The number of para-hydroxylation sites is 1. The molecule has 1 aliphatic heterocycles. The maximum Gasteiger partial charge on any atom is 0.401 e. The van der Waals surface area contributed by atoms with Crippen LogP contribution >= 0.6 is 0 Å². The fourth-order valence-electron chi connectivity index (χ4n) is 2.91. The van der Waals surface area contributed by atoms with Crippen molar-refractivity contribution in [1.82, 2.24) is 10.2 Å². The van der Waals surface area contributed by atoms with Crippen LogP contribution in [-0.4, -0.2) is 49.8 Å². The molecule has 1 saturated heterocycles. The molecule has 1 atom stereocenters. The van der Waals surface area contributed by atoms with Gasteiger partial charge < -0.3 is 15.0 Å². The smallest absolute Gasteiger partial charge is 0.401 e. The zero-order valence-electron chi connectivity index (χ0n) is 13.0. The molecule has 1 N–H and O–H groups in total. The molecule has 1 fully saturated rings. The highest BCUT2D eigenvalue weighted by Crippen LogP contribution is 2.26. The number of methoxy groups -OCH3 is 1. The average molecular weight is 330 g/mol. The molecule has 1 aliphatic rings. The summed E-state index contributed by atoms with van der Waals surface area (Å²) in [5.74, 6) is 0.480. The van der Waals surface area contributed by atoms with Crippen molar-refractivity contribution in [1.29, 1.82) is 0 Å². The summed E-state index contributed by atoms with van der Waals surface area (Å²) in [4.78, 5) is 13.8. The summed E-state index contributed by atoms with van der Waals surface area (Å²) in [5, 5.41) is 2.17. The maximum absolute atomic E-state index is 12.2. The Morgan fingerprint density at radius 3 is 2.83 bits per heavy atom. The van der Waals surface area contributed by atoms with Gasteiger partial charge in [-0.3, -0.25) is 4.79 Å². The summed E-state index contributed by atoms with van der Waals surface area (Å²) in [7, 11) is 1.59. The molecule has 7 heteroatoms. The molecule has 4 nitrogen and oxygen atoms in total. The molecule has 128 valence electrons. The standard InChI is InChI=1S/C16H21F3N2O2/c1-23-14-7-3-2-5-12(14)9-13-6-4-8-21(13)15(22)10-20-11-16(17,18)19/h2-3,5,7,13,20H,4,6,8-11H2,1H3/t13-/m0/s1. The zero-order valence-corrected chi connectivity index (χ0v) is 13.0. The van der Waals surface area contributed by atoms with Gasteiger partial charge >= 0.3 is 6.18 Å². The van der Waals surface area contributed by atoms with E-state index in [-0.39, 0.29) is 18.5 Å². The van der Waals surface area contributed by atoms with Gasteiger partial charge in [-0.05, 0) is 30.9 Å². The van der Waals surface area contributed by atoms with Crippen molar-refractivity contribution >= 4 is 5.91 Å². The summed E-state index contributed by atoms with van der Waals surface area (Å²) in [6, 6.07) is 7.60. The van der Waals surface area contributed by atoms with Crippen molar-refractivity contribution in [2.24, 2.45) is 0 Å². The highest BCUT2D eigenvalue weighted by atomic mass is 19.4. The van der Waals surface area contributed by atoms with E-state index in [1.165, 1.54) is 0 Å². The summed E-state index contributed by atoms with van der Waals surface area (Å²) in [6.45, 7) is -0.849. The second kappa shape index (κ2) is 7.68. The second-order valence-corrected chi connectivity index (χ2v) is 5.62. The number of halogens is 3. The van der Waals surface area contributed by atoms with Gasteiger partial charge in [0, 0.05) is 12.6 Å². The minimum absolute atomic E-state index is 0.00601. The number of likely N-dealkylation sites (tertiary alicyclic amines) is 1. The van der Waals surface area contributed by atoms with Gasteiger partial charge in [-0.1, -0.05) is 18.2 Å².